The second-order valence-corrected chi connectivity index (χ2v) is 8.90. The normalized spacial score (nSPS) is 18.7. The van der Waals surface area contributed by atoms with Crippen LogP contribution in [0.2, 0.25) is 0 Å². The first-order valence-corrected chi connectivity index (χ1v) is 11.4. The first kappa shape index (κ1) is 23.3. The summed E-state index contributed by atoms with van der Waals surface area (Å²) >= 11 is 0. The molecule has 0 radical (unpaired) electrons. The predicted octanol–water partition coefficient (Wildman–Crippen LogP) is 6.06. The van der Waals surface area contributed by atoms with Gasteiger partial charge in [-0.25, -0.2) is 9.97 Å². The maximum Gasteiger partial charge on any atom is 0.433 e. The third-order valence-electron chi connectivity index (χ3n) is 6.41. The second kappa shape index (κ2) is 8.96. The first-order valence-electron chi connectivity index (χ1n) is 11.4. The zero-order chi connectivity index (χ0) is 24.7. The lowest BCUT2D eigenvalue weighted by Crippen LogP contribution is -2.20. The van der Waals surface area contributed by atoms with E-state index >= 15 is 0 Å². The van der Waals surface area contributed by atoms with Crippen LogP contribution in [0.25, 0.3) is 22.3 Å². The molecule has 0 aromatic carbocycles. The van der Waals surface area contributed by atoms with Crippen molar-refractivity contribution in [1.29, 1.82) is 0 Å². The van der Waals surface area contributed by atoms with Crippen LogP contribution in [-0.2, 0) is 10.9 Å². The molecule has 1 aliphatic heterocycles. The number of alkyl halides is 3. The molecule has 35 heavy (non-hydrogen) atoms. The summed E-state index contributed by atoms with van der Waals surface area (Å²) in [7, 11) is 0. The number of ether oxygens (including phenoxy) is 1. The third-order valence-corrected chi connectivity index (χ3v) is 6.41. The number of halogens is 3. The molecular weight excluding hydrogens is 455 g/mol. The molecule has 0 aliphatic carbocycles. The van der Waals surface area contributed by atoms with E-state index in [1.54, 1.807) is 6.20 Å². The van der Waals surface area contributed by atoms with Gasteiger partial charge in [-0.05, 0) is 69.5 Å². The Hall–Kier alpha value is -3.46. The number of aryl methyl sites for hydroxylation is 3. The van der Waals surface area contributed by atoms with Crippen LogP contribution in [0.1, 0.15) is 58.9 Å². The summed E-state index contributed by atoms with van der Waals surface area (Å²) in [5.74, 6) is 0.0937. The van der Waals surface area contributed by atoms with E-state index in [0.717, 1.165) is 47.2 Å². The SMILES string of the molecule is Cc1cc([C@@H]2C[C@@H](c3cc4nc(C)c(C)nc4c(-c4ccc(C(F)(F)F)nc4)n3)CCO2)ccn1. The van der Waals surface area contributed by atoms with Crippen LogP contribution in [-0.4, -0.2) is 31.5 Å². The van der Waals surface area contributed by atoms with E-state index in [4.69, 9.17) is 14.7 Å². The Morgan fingerprint density at radius 2 is 1.74 bits per heavy atom. The fraction of sp³-hybridized carbons (Fsp3) is 0.346. The van der Waals surface area contributed by atoms with Gasteiger partial charge in [-0.2, -0.15) is 13.2 Å². The average molecular weight is 480 g/mol. The number of fused-ring (bicyclic) bond motifs is 1. The molecule has 0 saturated carbocycles. The number of hydrogen-bond acceptors (Lipinski definition) is 6. The molecule has 9 heteroatoms. The Morgan fingerprint density at radius 3 is 2.46 bits per heavy atom. The first-order chi connectivity index (χ1) is 16.7. The summed E-state index contributed by atoms with van der Waals surface area (Å²) in [6.45, 7) is 6.26. The molecule has 1 saturated heterocycles. The van der Waals surface area contributed by atoms with E-state index in [9.17, 15) is 13.2 Å². The topological polar surface area (TPSA) is 73.7 Å². The van der Waals surface area contributed by atoms with Crippen molar-refractivity contribution < 1.29 is 17.9 Å². The number of aromatic nitrogens is 5. The quantitative estimate of drug-likeness (QED) is 0.356. The van der Waals surface area contributed by atoms with Gasteiger partial charge in [-0.15, -0.1) is 0 Å². The fourth-order valence-corrected chi connectivity index (χ4v) is 4.43. The van der Waals surface area contributed by atoms with E-state index in [1.807, 2.05) is 39.0 Å². The average Bonchev–Trinajstić information content (AvgIpc) is 2.84. The van der Waals surface area contributed by atoms with Crippen molar-refractivity contribution in [3.8, 4) is 11.3 Å². The van der Waals surface area contributed by atoms with Gasteiger partial charge in [0, 0.05) is 41.9 Å². The lowest BCUT2D eigenvalue weighted by atomic mass is 9.88. The van der Waals surface area contributed by atoms with Crippen LogP contribution in [0.5, 0.6) is 0 Å². The van der Waals surface area contributed by atoms with E-state index in [0.29, 0.717) is 28.9 Å². The molecule has 1 fully saturated rings. The minimum absolute atomic E-state index is 0.0880. The summed E-state index contributed by atoms with van der Waals surface area (Å²) in [5, 5.41) is 0. The summed E-state index contributed by atoms with van der Waals surface area (Å²) < 4.78 is 45.2. The molecule has 5 heterocycles. The van der Waals surface area contributed by atoms with Crippen molar-refractivity contribution in [3.05, 3.63) is 76.8 Å². The van der Waals surface area contributed by atoms with Crippen LogP contribution in [0.3, 0.4) is 0 Å². The zero-order valence-corrected chi connectivity index (χ0v) is 19.6. The molecule has 4 aromatic heterocycles. The highest BCUT2D eigenvalue weighted by Gasteiger charge is 2.32. The molecule has 0 spiro atoms. The van der Waals surface area contributed by atoms with E-state index < -0.39 is 11.9 Å². The highest BCUT2D eigenvalue weighted by atomic mass is 19.4. The van der Waals surface area contributed by atoms with Gasteiger partial charge >= 0.3 is 6.18 Å². The summed E-state index contributed by atoms with van der Waals surface area (Å²) in [4.78, 5) is 22.2. The molecule has 0 bridgehead atoms. The standard InChI is InChI=1S/C26H24F3N5O/c1-14-10-18(6-8-30-14)22-11-17(7-9-35-22)20-12-21-25(33-16(3)15(2)32-21)24(34-20)19-4-5-23(31-13-19)26(27,28)29/h4-6,8,10,12-13,17,22H,7,9,11H2,1-3H3/t17-,22-/m0/s1. The van der Waals surface area contributed by atoms with Gasteiger partial charge in [0.25, 0.3) is 0 Å². The molecule has 0 amide bonds. The second-order valence-electron chi connectivity index (χ2n) is 8.90. The predicted molar refractivity (Wildman–Crippen MR) is 125 cm³/mol. The van der Waals surface area contributed by atoms with Crippen LogP contribution in [0, 0.1) is 20.8 Å². The number of nitrogens with zero attached hydrogens (tertiary/aromatic N) is 5. The molecule has 0 N–H and O–H groups in total. The van der Waals surface area contributed by atoms with Gasteiger partial charge in [0.1, 0.15) is 11.2 Å². The molecule has 5 rings (SSSR count). The Labute approximate surface area is 200 Å². The Morgan fingerprint density at radius 1 is 0.943 bits per heavy atom. The summed E-state index contributed by atoms with van der Waals surface area (Å²) in [5.41, 5.74) is 5.58. The lowest BCUT2D eigenvalue weighted by Gasteiger charge is -2.30. The van der Waals surface area contributed by atoms with Crippen LogP contribution in [0.15, 0.2) is 42.7 Å². The highest BCUT2D eigenvalue weighted by Crippen LogP contribution is 2.39. The minimum Gasteiger partial charge on any atom is -0.373 e. The lowest BCUT2D eigenvalue weighted by molar-refractivity contribution is -0.141. The largest absolute Gasteiger partial charge is 0.433 e. The highest BCUT2D eigenvalue weighted by molar-refractivity contribution is 5.89. The Bertz CT molecular complexity index is 1390. The molecular formula is C26H24F3N5O. The number of pyridine rings is 3. The molecule has 4 aromatic rings. The van der Waals surface area contributed by atoms with Crippen molar-refractivity contribution in [2.75, 3.05) is 6.61 Å². The molecule has 1 aliphatic rings. The van der Waals surface area contributed by atoms with Crippen molar-refractivity contribution in [3.63, 3.8) is 0 Å². The molecule has 180 valence electrons. The van der Waals surface area contributed by atoms with E-state index in [-0.39, 0.29) is 12.0 Å². The summed E-state index contributed by atoms with van der Waals surface area (Å²) in [6.07, 6.45) is -0.103. The van der Waals surface area contributed by atoms with Crippen molar-refractivity contribution in [2.45, 2.75) is 51.8 Å². The molecule has 2 atom stereocenters. The third kappa shape index (κ3) is 4.73. The Balaban J connectivity index is 1.58. The monoisotopic (exact) mass is 479 g/mol. The van der Waals surface area contributed by atoms with Crippen molar-refractivity contribution >= 4 is 11.0 Å². The minimum atomic E-state index is -4.51. The van der Waals surface area contributed by atoms with Gasteiger partial charge in [-0.1, -0.05) is 0 Å². The van der Waals surface area contributed by atoms with Crippen LogP contribution < -0.4 is 0 Å². The van der Waals surface area contributed by atoms with E-state index in [2.05, 4.69) is 15.0 Å². The van der Waals surface area contributed by atoms with Gasteiger partial charge in [0.05, 0.1) is 28.7 Å². The van der Waals surface area contributed by atoms with Crippen LogP contribution in [0.4, 0.5) is 13.2 Å². The zero-order valence-electron chi connectivity index (χ0n) is 19.6. The number of rotatable bonds is 3. The maximum atomic E-state index is 13.1. The molecule has 6 nitrogen and oxygen atoms in total. The number of hydrogen-bond donors (Lipinski definition) is 0. The fourth-order valence-electron chi connectivity index (χ4n) is 4.43. The van der Waals surface area contributed by atoms with E-state index in [1.165, 1.54) is 12.3 Å². The summed E-state index contributed by atoms with van der Waals surface area (Å²) in [6, 6.07) is 8.30. The van der Waals surface area contributed by atoms with Gasteiger partial charge < -0.3 is 4.74 Å². The van der Waals surface area contributed by atoms with Gasteiger partial charge in [0.15, 0.2) is 0 Å². The maximum absolute atomic E-state index is 13.1. The van der Waals surface area contributed by atoms with Crippen molar-refractivity contribution in [2.24, 2.45) is 0 Å². The van der Waals surface area contributed by atoms with Gasteiger partial charge in [0.2, 0.25) is 0 Å². The smallest absolute Gasteiger partial charge is 0.373 e. The van der Waals surface area contributed by atoms with Gasteiger partial charge in [-0.3, -0.25) is 15.0 Å². The van der Waals surface area contributed by atoms with Crippen LogP contribution >= 0.6 is 0 Å². The van der Waals surface area contributed by atoms with Crippen molar-refractivity contribution in [1.82, 2.24) is 24.9 Å². The molecule has 0 unspecified atom stereocenters. The Kier molecular flexibility index (Phi) is 5.96.